The topological polar surface area (TPSA) is 115 Å². The van der Waals surface area contributed by atoms with Gasteiger partial charge in [0.1, 0.15) is 5.52 Å². The molecule has 8 heteroatoms. The number of hydrogen-bond acceptors (Lipinski definition) is 5. The highest BCUT2D eigenvalue weighted by Crippen LogP contribution is 2.23. The summed E-state index contributed by atoms with van der Waals surface area (Å²) in [5.41, 5.74) is 1.33. The lowest BCUT2D eigenvalue weighted by molar-refractivity contribution is -0.566. The van der Waals surface area contributed by atoms with Crippen LogP contribution < -0.4 is 16.0 Å². The van der Waals surface area contributed by atoms with Crippen LogP contribution in [0.3, 0.4) is 0 Å². The average Bonchev–Trinajstić information content (AvgIpc) is 2.58. The van der Waals surface area contributed by atoms with Gasteiger partial charge in [0.05, 0.1) is 0 Å². The molecule has 1 aromatic carbocycles. The van der Waals surface area contributed by atoms with Gasteiger partial charge in [-0.3, -0.25) is 9.78 Å². The summed E-state index contributed by atoms with van der Waals surface area (Å²) in [7, 11) is 0. The Kier molecular flexibility index (Phi) is 5.03. The molecule has 2 aliphatic rings. The Labute approximate surface area is 149 Å². The summed E-state index contributed by atoms with van der Waals surface area (Å²) in [4.78, 5) is 29.9. The zero-order valence-corrected chi connectivity index (χ0v) is 14.9. The van der Waals surface area contributed by atoms with E-state index in [4.69, 9.17) is 5.11 Å². The van der Waals surface area contributed by atoms with Crippen molar-refractivity contribution in [2.45, 2.75) is 46.1 Å². The Hall–Kier alpha value is -2.74. The number of aromatic nitrogens is 4. The minimum Gasteiger partial charge on any atom is -0.618 e. The van der Waals surface area contributed by atoms with E-state index in [2.05, 4.69) is 9.97 Å². The molecule has 0 radical (unpaired) electrons. The van der Waals surface area contributed by atoms with Crippen molar-refractivity contribution in [1.82, 2.24) is 14.5 Å². The van der Waals surface area contributed by atoms with Crippen LogP contribution >= 0.6 is 0 Å². The minimum absolute atomic E-state index is 0.103. The van der Waals surface area contributed by atoms with Crippen LogP contribution in [0.5, 0.6) is 0 Å². The third-order valence-electron chi connectivity index (χ3n) is 4.70. The first kappa shape index (κ1) is 18.1. The molecule has 0 atom stereocenters. The van der Waals surface area contributed by atoms with Gasteiger partial charge >= 0.3 is 16.9 Å². The summed E-state index contributed by atoms with van der Waals surface area (Å²) in [6, 6.07) is 3.64. The monoisotopic (exact) mass is 358 g/mol. The zero-order valence-electron chi connectivity index (χ0n) is 14.9. The van der Waals surface area contributed by atoms with Crippen LogP contribution in [0, 0.1) is 19.1 Å². The molecule has 0 amide bonds. The van der Waals surface area contributed by atoms with E-state index in [-0.39, 0.29) is 18.1 Å². The fraction of sp³-hybridized carbons (Fsp3) is 0.444. The Bertz CT molecular complexity index is 1040. The third kappa shape index (κ3) is 3.20. The number of rotatable bonds is 6. The van der Waals surface area contributed by atoms with E-state index in [9.17, 15) is 14.8 Å². The average molecular weight is 358 g/mol. The van der Waals surface area contributed by atoms with Crippen molar-refractivity contribution in [3.8, 4) is 11.5 Å². The Morgan fingerprint density at radius 3 is 2.58 bits per heavy atom. The van der Waals surface area contributed by atoms with Crippen molar-refractivity contribution in [1.29, 1.82) is 0 Å². The summed E-state index contributed by atoms with van der Waals surface area (Å²) >= 11 is 0. The fourth-order valence-corrected chi connectivity index (χ4v) is 3.17. The Morgan fingerprint density at radius 2 is 1.85 bits per heavy atom. The molecule has 0 saturated carbocycles. The molecule has 2 N–H and O–H groups in total. The largest absolute Gasteiger partial charge is 0.618 e. The van der Waals surface area contributed by atoms with Gasteiger partial charge in [-0.2, -0.15) is 9.71 Å². The standard InChI is InChI=1S/C18H22N4O4/c1-11-9-13-14(10-12(11)2)22(26)15-16(19-18(25)20-17(15)24)21(13)7-5-3-4-6-8-23/h9-10,23H,3-8H2,1-2H3,(H,20,24,25). The lowest BCUT2D eigenvalue weighted by Gasteiger charge is -2.18. The number of benzene rings is 1. The van der Waals surface area contributed by atoms with Gasteiger partial charge in [-0.15, -0.1) is 0 Å². The summed E-state index contributed by atoms with van der Waals surface area (Å²) in [6.07, 6.45) is 3.30. The van der Waals surface area contributed by atoms with Gasteiger partial charge in [-0.05, 0) is 43.9 Å². The van der Waals surface area contributed by atoms with Gasteiger partial charge in [0.2, 0.25) is 11.3 Å². The van der Waals surface area contributed by atoms with E-state index in [1.165, 1.54) is 0 Å². The van der Waals surface area contributed by atoms with Gasteiger partial charge in [-0.1, -0.05) is 12.8 Å². The number of aliphatic hydroxyl groups excluding tert-OH is 1. The predicted molar refractivity (Wildman–Crippen MR) is 97.2 cm³/mol. The number of unbranched alkanes of at least 4 members (excludes halogenated alkanes) is 3. The fourth-order valence-electron chi connectivity index (χ4n) is 3.17. The van der Waals surface area contributed by atoms with Crippen LogP contribution in [0.1, 0.15) is 36.8 Å². The maximum Gasteiger partial charge on any atom is 0.350 e. The van der Waals surface area contributed by atoms with Gasteiger partial charge in [-0.25, -0.2) is 4.79 Å². The van der Waals surface area contributed by atoms with E-state index in [0.29, 0.717) is 22.3 Å². The van der Waals surface area contributed by atoms with Crippen molar-refractivity contribution in [2.75, 3.05) is 6.61 Å². The molecule has 8 nitrogen and oxygen atoms in total. The van der Waals surface area contributed by atoms with E-state index in [1.54, 1.807) is 10.6 Å². The molecule has 1 aromatic rings. The number of aliphatic hydroxyl groups is 1. The van der Waals surface area contributed by atoms with Gasteiger partial charge in [0.15, 0.2) is 0 Å². The van der Waals surface area contributed by atoms with Gasteiger partial charge < -0.3 is 14.9 Å². The van der Waals surface area contributed by atoms with Crippen LogP contribution in [0.15, 0.2) is 21.7 Å². The molecule has 0 bridgehead atoms. The quantitative estimate of drug-likeness (QED) is 0.295. The lowest BCUT2D eigenvalue weighted by Crippen LogP contribution is -2.42. The first-order chi connectivity index (χ1) is 12.4. The number of aromatic amines is 1. The lowest BCUT2D eigenvalue weighted by atomic mass is 10.1. The molecule has 26 heavy (non-hydrogen) atoms. The van der Waals surface area contributed by atoms with E-state index < -0.39 is 11.2 Å². The minimum atomic E-state index is -0.764. The third-order valence-corrected chi connectivity index (χ3v) is 4.70. The van der Waals surface area contributed by atoms with Crippen LogP contribution in [0.2, 0.25) is 0 Å². The Balaban J connectivity index is 2.23. The first-order valence-electron chi connectivity index (χ1n) is 8.72. The van der Waals surface area contributed by atoms with Crippen molar-refractivity contribution < 1.29 is 9.84 Å². The number of nitrogens with zero attached hydrogens (tertiary/aromatic N) is 3. The van der Waals surface area contributed by atoms with E-state index >= 15 is 0 Å². The van der Waals surface area contributed by atoms with E-state index in [0.717, 1.165) is 36.8 Å². The maximum absolute atomic E-state index is 12.8. The molecule has 138 valence electrons. The van der Waals surface area contributed by atoms with Crippen molar-refractivity contribution >= 4 is 11.0 Å². The second-order valence-electron chi connectivity index (χ2n) is 6.55. The highest BCUT2D eigenvalue weighted by Gasteiger charge is 2.27. The molecule has 2 heterocycles. The summed E-state index contributed by atoms with van der Waals surface area (Å²) in [5, 5.41) is 21.7. The second kappa shape index (κ2) is 7.25. The molecule has 3 rings (SSSR count). The van der Waals surface area contributed by atoms with Crippen molar-refractivity contribution in [3.63, 3.8) is 0 Å². The molecule has 0 spiro atoms. The van der Waals surface area contributed by atoms with E-state index in [1.807, 2.05) is 19.9 Å². The number of fused-ring (bicyclic) bond motifs is 2. The van der Waals surface area contributed by atoms with Gasteiger partial charge in [0.25, 0.3) is 0 Å². The normalized spacial score (nSPS) is 11.5. The molecule has 2 aliphatic heterocycles. The molecular weight excluding hydrogens is 336 g/mol. The number of nitrogens with one attached hydrogen (secondary N) is 1. The second-order valence-corrected chi connectivity index (χ2v) is 6.55. The van der Waals surface area contributed by atoms with Crippen LogP contribution in [-0.4, -0.2) is 26.2 Å². The van der Waals surface area contributed by atoms with Crippen molar-refractivity contribution in [3.05, 3.63) is 49.3 Å². The molecule has 0 aromatic heterocycles. The van der Waals surface area contributed by atoms with Crippen LogP contribution in [-0.2, 0) is 6.54 Å². The number of hydrogen-bond donors (Lipinski definition) is 2. The van der Waals surface area contributed by atoms with Gasteiger partial charge in [0, 0.05) is 19.2 Å². The predicted octanol–water partition coefficient (Wildman–Crippen LogP) is 0.993. The number of aryl methyl sites for hydroxylation is 3. The molecular formula is C18H22N4O4. The highest BCUT2D eigenvalue weighted by molar-refractivity contribution is 5.77. The summed E-state index contributed by atoms with van der Waals surface area (Å²) in [5.74, 6) is 0.103. The summed E-state index contributed by atoms with van der Waals surface area (Å²) < 4.78 is 2.34. The number of H-pyrrole nitrogens is 1. The van der Waals surface area contributed by atoms with Crippen molar-refractivity contribution in [2.24, 2.45) is 0 Å². The summed E-state index contributed by atoms with van der Waals surface area (Å²) in [6.45, 7) is 4.54. The first-order valence-corrected chi connectivity index (χ1v) is 8.72. The maximum atomic E-state index is 12.8. The Morgan fingerprint density at radius 1 is 1.15 bits per heavy atom. The zero-order chi connectivity index (χ0) is 18.8. The van der Waals surface area contributed by atoms with Crippen LogP contribution in [0.25, 0.3) is 22.6 Å². The molecule has 0 unspecified atom stereocenters. The molecule has 0 aliphatic carbocycles. The van der Waals surface area contributed by atoms with Crippen LogP contribution in [0.4, 0.5) is 0 Å². The SMILES string of the molecule is Cc1cc2c(cc1C)[n+]([O-])c1c(=O)[nH]c(=O)nc-1n2CCCCCCO. The highest BCUT2D eigenvalue weighted by atomic mass is 16.5. The molecule has 0 fully saturated rings. The molecule has 0 saturated heterocycles. The smallest absolute Gasteiger partial charge is 0.350 e.